The van der Waals surface area contributed by atoms with Gasteiger partial charge in [-0.3, -0.25) is 0 Å². The third kappa shape index (κ3) is 13.5. The minimum absolute atomic E-state index is 0.208. The van der Waals surface area contributed by atoms with Crippen LogP contribution in [-0.4, -0.2) is 102 Å². The number of thiol groups is 3. The normalized spacial score (nSPS) is 32.1. The van der Waals surface area contributed by atoms with E-state index in [1.807, 2.05) is 29.5 Å². The lowest BCUT2D eigenvalue weighted by atomic mass is 9.97. The first-order chi connectivity index (χ1) is 35.2. The Balaban J connectivity index is 1.99. The van der Waals surface area contributed by atoms with E-state index in [4.69, 9.17) is 74.8 Å². The fourth-order valence-electron chi connectivity index (χ4n) is 14.3. The van der Waals surface area contributed by atoms with Gasteiger partial charge in [0.25, 0.3) is 0 Å². The lowest BCUT2D eigenvalue weighted by molar-refractivity contribution is 0.0963. The fourth-order valence-corrected chi connectivity index (χ4v) is 121. The SMILES string of the molecule is CCO[Si](OCC)(OCC)SS(SS)(C1CC2CCC1C2)C(C(CC)CCCC(C)C)(S(SS)(S[Si](OCC)(OCC)OCC)C1CC2CCC1C2)S(SS)(S[Si](OCC)(OCC)OCC)C1CC2CCC1C2. The largest absolute Gasteiger partial charge is 0.583 e. The van der Waals surface area contributed by atoms with Crippen molar-refractivity contribution in [3.8, 4) is 0 Å². The molecule has 6 aliphatic carbocycles. The number of rotatable bonds is 39. The Bertz CT molecular complexity index is 1450. The van der Waals surface area contributed by atoms with Gasteiger partial charge in [0, 0.05) is 75.2 Å². The highest BCUT2D eigenvalue weighted by Gasteiger charge is 2.82. The van der Waals surface area contributed by atoms with Gasteiger partial charge in [0.2, 0.25) is 0 Å². The van der Waals surface area contributed by atoms with Crippen molar-refractivity contribution in [2.24, 2.45) is 47.3 Å². The predicted octanol–water partition coefficient (Wildman–Crippen LogP) is 18.5. The Hall–Kier alpha value is 4.49. The molecule has 6 fully saturated rings. The van der Waals surface area contributed by atoms with Gasteiger partial charge in [0.1, 0.15) is 3.41 Å². The maximum atomic E-state index is 7.36. The number of fused-ring (bicyclic) bond motifs is 6. The molecule has 0 heterocycles. The zero-order valence-electron chi connectivity index (χ0n) is 46.7. The van der Waals surface area contributed by atoms with E-state index in [1.165, 1.54) is 83.5 Å². The summed E-state index contributed by atoms with van der Waals surface area (Å²) in [5.74, 6) is 4.41. The average molecular weight is 1300 g/mol. The van der Waals surface area contributed by atoms with E-state index in [2.05, 4.69) is 114 Å². The zero-order chi connectivity index (χ0) is 53.1. The van der Waals surface area contributed by atoms with Crippen LogP contribution in [0.4, 0.5) is 0 Å². The summed E-state index contributed by atoms with van der Waals surface area (Å²) < 4.78 is 65.7. The molecular formula is C49H100O9S12Si3. The van der Waals surface area contributed by atoms with Crippen LogP contribution in [0.1, 0.15) is 186 Å². The highest BCUT2D eigenvalue weighted by molar-refractivity contribution is 9.53. The smallest absolute Gasteiger partial charge is 0.365 e. The van der Waals surface area contributed by atoms with E-state index in [0.717, 1.165) is 19.3 Å². The second-order valence-electron chi connectivity index (χ2n) is 21.2. The van der Waals surface area contributed by atoms with Crippen LogP contribution in [0.15, 0.2) is 0 Å². The van der Waals surface area contributed by atoms with Crippen LogP contribution in [0.25, 0.3) is 0 Å². The van der Waals surface area contributed by atoms with Crippen LogP contribution in [0.3, 0.4) is 0 Å². The summed E-state index contributed by atoms with van der Waals surface area (Å²) in [7, 11) is -5.59. The second-order valence-corrected chi connectivity index (χ2v) is 62.7. The summed E-state index contributed by atoms with van der Waals surface area (Å²) >= 11 is 18.3. The first kappa shape index (κ1) is 66.6. The van der Waals surface area contributed by atoms with Crippen molar-refractivity contribution < 1.29 is 39.8 Å². The highest BCUT2D eigenvalue weighted by atomic mass is 33.8. The molecule has 73 heavy (non-hydrogen) atoms. The van der Waals surface area contributed by atoms with Gasteiger partial charge >= 0.3 is 23.9 Å². The van der Waals surface area contributed by atoms with Gasteiger partial charge in [0.05, 0.1) is 0 Å². The van der Waals surface area contributed by atoms with E-state index < -0.39 is 51.5 Å². The van der Waals surface area contributed by atoms with Crippen LogP contribution >= 0.6 is 119 Å². The van der Waals surface area contributed by atoms with E-state index in [1.54, 1.807) is 0 Å². The average Bonchev–Trinajstić information content (AvgIpc) is 4.26. The molecule has 0 radical (unpaired) electrons. The summed E-state index contributed by atoms with van der Waals surface area (Å²) in [6.45, 7) is 31.2. The summed E-state index contributed by atoms with van der Waals surface area (Å²) in [6.07, 6.45) is 19.3. The quantitative estimate of drug-likeness (QED) is 0.0310. The molecule has 24 heteroatoms. The molecule has 434 valence electrons. The fraction of sp³-hybridized carbons (Fsp3) is 1.00. The van der Waals surface area contributed by atoms with Crippen LogP contribution in [0.2, 0.25) is 0 Å². The van der Waals surface area contributed by atoms with Crippen molar-refractivity contribution >= 4 is 143 Å². The van der Waals surface area contributed by atoms with Gasteiger partial charge in [-0.1, -0.05) is 59.3 Å². The molecule has 13 atom stereocenters. The van der Waals surface area contributed by atoms with Gasteiger partial charge in [-0.15, -0.1) is 59.3 Å². The minimum atomic E-state index is -3.61. The molecule has 13 unspecified atom stereocenters. The van der Waals surface area contributed by atoms with Gasteiger partial charge < -0.3 is 39.8 Å². The Labute approximate surface area is 489 Å². The molecule has 6 aliphatic rings. The standard InChI is InChI=1S/C49H100O9S12Si3/c1-13-45(25-23-24-38(11)12)49(68(62-59,46-35-39-26-29-42(46)32-39)65-71(50-14-2,51-15-3)52-16-4,69(63-60,47-36-40-27-30-43(47)33-40)66-72(53-17-5,54-18-6)55-19-7)70(64-61,48-37-41-28-31-44(48)34-41)67-73(56-20-8,57-21-9)58-22-10/h38-48,59-61H,13-37H2,1-12H3. The Morgan fingerprint density at radius 2 is 0.699 bits per heavy atom. The molecule has 0 amide bonds. The van der Waals surface area contributed by atoms with Gasteiger partial charge in [-0.05, 0) is 234 Å². The monoisotopic (exact) mass is 1300 g/mol. The number of hydrogen-bond acceptors (Lipinski definition) is 18. The highest BCUT2D eigenvalue weighted by Crippen LogP contribution is 3.12. The van der Waals surface area contributed by atoms with Crippen molar-refractivity contribution in [3.63, 3.8) is 0 Å². The second kappa shape index (κ2) is 30.5. The summed E-state index contributed by atoms with van der Waals surface area (Å²) in [4.78, 5) is 0. The number of hydrogen-bond donors (Lipinski definition) is 3. The zero-order valence-corrected chi connectivity index (χ0v) is 59.8. The van der Waals surface area contributed by atoms with Gasteiger partial charge in [0.15, 0.2) is 0 Å². The van der Waals surface area contributed by atoms with Gasteiger partial charge in [-0.25, -0.2) is 0 Å². The van der Waals surface area contributed by atoms with Crippen LogP contribution in [-0.2, 0) is 39.8 Å². The molecule has 0 spiro atoms. The minimum Gasteiger partial charge on any atom is -0.365 e. The van der Waals surface area contributed by atoms with Crippen molar-refractivity contribution in [1.29, 1.82) is 0 Å². The first-order valence-corrected chi connectivity index (χ1v) is 52.1. The molecule has 0 aliphatic heterocycles. The Kier molecular flexibility index (Phi) is 27.9. The van der Waals surface area contributed by atoms with Gasteiger partial charge in [-0.2, -0.15) is 0 Å². The van der Waals surface area contributed by atoms with Crippen molar-refractivity contribution in [3.05, 3.63) is 0 Å². The van der Waals surface area contributed by atoms with E-state index >= 15 is 0 Å². The summed E-state index contributed by atoms with van der Waals surface area (Å²) in [5, 5.41) is 1.02. The maximum Gasteiger partial charge on any atom is 0.583 e. The molecule has 0 saturated heterocycles. The van der Waals surface area contributed by atoms with E-state index in [9.17, 15) is 0 Å². The Morgan fingerprint density at radius 1 is 0.425 bits per heavy atom. The van der Waals surface area contributed by atoms with Crippen molar-refractivity contribution in [2.75, 3.05) is 59.5 Å². The molecule has 6 bridgehead atoms. The summed E-state index contributed by atoms with van der Waals surface area (Å²) in [5.41, 5.74) is 0. The molecule has 0 aromatic heterocycles. The third-order valence-electron chi connectivity index (χ3n) is 16.6. The topological polar surface area (TPSA) is 83.1 Å². The third-order valence-corrected chi connectivity index (χ3v) is 87.5. The lowest BCUT2D eigenvalue weighted by Crippen LogP contribution is -2.59. The van der Waals surface area contributed by atoms with Crippen LogP contribution < -0.4 is 0 Å². The molecule has 6 rings (SSSR count). The molecule has 6 saturated carbocycles. The van der Waals surface area contributed by atoms with E-state index in [-0.39, 0.29) is 5.92 Å². The first-order valence-electron chi connectivity index (χ1n) is 28.5. The molecule has 0 aromatic rings. The van der Waals surface area contributed by atoms with E-state index in [0.29, 0.717) is 117 Å². The predicted molar refractivity (Wildman–Crippen MR) is 350 cm³/mol. The van der Waals surface area contributed by atoms with Crippen LogP contribution in [0, 0.1) is 47.3 Å². The maximum absolute atomic E-state index is 7.36. The van der Waals surface area contributed by atoms with Crippen molar-refractivity contribution in [2.45, 2.75) is 205 Å². The van der Waals surface area contributed by atoms with Crippen LogP contribution in [0.5, 0.6) is 0 Å². The molecule has 9 nitrogen and oxygen atoms in total. The van der Waals surface area contributed by atoms with Crippen molar-refractivity contribution in [1.82, 2.24) is 0 Å². The Morgan fingerprint density at radius 3 is 0.877 bits per heavy atom. The molecule has 0 N–H and O–H groups in total. The lowest BCUT2D eigenvalue weighted by Gasteiger charge is -2.78. The molecular weight excluding hydrogens is 1200 g/mol. The molecule has 0 aromatic carbocycles. The summed E-state index contributed by atoms with van der Waals surface area (Å²) in [6, 6.07) is 0.